The molecule has 0 aromatic carbocycles. The summed E-state index contributed by atoms with van der Waals surface area (Å²) in [5, 5.41) is 8.65. The van der Waals surface area contributed by atoms with Crippen LogP contribution in [0.1, 0.15) is 53.9 Å². The highest BCUT2D eigenvalue weighted by atomic mass is 16.4. The number of hydrogen-bond donors (Lipinski definition) is 1. The number of carbonyl (C=O) groups is 1. The van der Waals surface area contributed by atoms with Crippen LogP contribution in [0.4, 0.5) is 17.8 Å². The van der Waals surface area contributed by atoms with Gasteiger partial charge < -0.3 is 19.8 Å². The Hall–Kier alpha value is -3.42. The first-order chi connectivity index (χ1) is 17.1. The molecular weight excluding hydrogens is 464 g/mol. The van der Waals surface area contributed by atoms with Crippen molar-refractivity contribution in [3.8, 4) is 0 Å². The molecule has 0 amide bonds. The van der Waals surface area contributed by atoms with E-state index in [2.05, 4.69) is 54.8 Å². The van der Waals surface area contributed by atoms with Crippen LogP contribution in [0.2, 0.25) is 0 Å². The van der Waals surface area contributed by atoms with Gasteiger partial charge in [-0.3, -0.25) is 0 Å². The Morgan fingerprint density at radius 2 is 1.35 bits per heavy atom. The minimum atomic E-state index is -0.912. The summed E-state index contributed by atoms with van der Waals surface area (Å²) in [5.41, 5.74) is 5.09. The fourth-order valence-electron chi connectivity index (χ4n) is 3.82. The standard InChI is InChI=1S/C20H28O2.C9H18N6/c1-15(8-6-9-16(2)14-19(21)22)11-12-18-17(3)10-7-13-20(18,4)5;1-13(2)7-10-8(14(3)4)12-9(11-7)15(5)6/h6,8-9,11-12,14H,7,10,13H2,1-5H3,(H,21,22);1-6H3/b9-6+,12-11+,15-8-,16-14+;. The highest BCUT2D eigenvalue weighted by Crippen LogP contribution is 2.40. The first-order valence-electron chi connectivity index (χ1n) is 12.6. The van der Waals surface area contributed by atoms with Crippen molar-refractivity contribution in [2.75, 3.05) is 57.0 Å². The molecule has 37 heavy (non-hydrogen) atoms. The normalized spacial score (nSPS) is 16.1. The maximum absolute atomic E-state index is 10.5. The molecule has 0 unspecified atom stereocenters. The summed E-state index contributed by atoms with van der Waals surface area (Å²) < 4.78 is 0. The molecule has 1 aromatic heterocycles. The lowest BCUT2D eigenvalue weighted by Crippen LogP contribution is -2.22. The van der Waals surface area contributed by atoms with E-state index in [1.807, 2.05) is 69.1 Å². The predicted octanol–water partition coefficient (Wildman–Crippen LogP) is 5.67. The second-order valence-corrected chi connectivity index (χ2v) is 10.7. The molecule has 204 valence electrons. The fraction of sp³-hybridized carbons (Fsp3) is 0.517. The molecular formula is C29H46N6O2. The summed E-state index contributed by atoms with van der Waals surface area (Å²) in [5.74, 6) is 1.08. The van der Waals surface area contributed by atoms with Crippen LogP contribution < -0.4 is 14.7 Å². The van der Waals surface area contributed by atoms with Crippen molar-refractivity contribution in [1.29, 1.82) is 0 Å². The zero-order valence-electron chi connectivity index (χ0n) is 24.6. The lowest BCUT2D eigenvalue weighted by molar-refractivity contribution is -0.131. The van der Waals surface area contributed by atoms with Crippen LogP contribution in [0, 0.1) is 5.41 Å². The molecule has 8 nitrogen and oxygen atoms in total. The van der Waals surface area contributed by atoms with Crippen LogP contribution in [0.3, 0.4) is 0 Å². The van der Waals surface area contributed by atoms with E-state index in [0.29, 0.717) is 17.8 Å². The highest BCUT2D eigenvalue weighted by Gasteiger charge is 2.26. The summed E-state index contributed by atoms with van der Waals surface area (Å²) >= 11 is 0. The van der Waals surface area contributed by atoms with Crippen LogP contribution in [0.25, 0.3) is 0 Å². The van der Waals surface area contributed by atoms with Gasteiger partial charge in [-0.2, -0.15) is 15.0 Å². The van der Waals surface area contributed by atoms with Crippen LogP contribution in [-0.4, -0.2) is 68.3 Å². The highest BCUT2D eigenvalue weighted by molar-refractivity contribution is 5.81. The first kappa shape index (κ1) is 31.6. The molecule has 0 saturated heterocycles. The monoisotopic (exact) mass is 510 g/mol. The zero-order chi connectivity index (χ0) is 28.3. The Balaban J connectivity index is 0.000000397. The molecule has 1 heterocycles. The van der Waals surface area contributed by atoms with Crippen molar-refractivity contribution in [3.63, 3.8) is 0 Å². The van der Waals surface area contributed by atoms with Crippen molar-refractivity contribution in [2.24, 2.45) is 5.41 Å². The Morgan fingerprint density at radius 3 is 1.76 bits per heavy atom. The molecule has 1 N–H and O–H groups in total. The van der Waals surface area contributed by atoms with E-state index < -0.39 is 5.97 Å². The minimum absolute atomic E-state index is 0.260. The second-order valence-electron chi connectivity index (χ2n) is 10.7. The van der Waals surface area contributed by atoms with Gasteiger partial charge in [0.25, 0.3) is 0 Å². The molecule has 8 heteroatoms. The van der Waals surface area contributed by atoms with Gasteiger partial charge in [0.05, 0.1) is 0 Å². The molecule has 0 aliphatic heterocycles. The van der Waals surface area contributed by atoms with Gasteiger partial charge in [0.1, 0.15) is 0 Å². The molecule has 0 bridgehead atoms. The van der Waals surface area contributed by atoms with E-state index in [9.17, 15) is 4.79 Å². The molecule has 1 aliphatic carbocycles. The third kappa shape index (κ3) is 11.0. The second kappa shape index (κ2) is 14.4. The SMILES string of the molecule is CC1=C(/C=C/C(C)=C\C=C\C(C)=C\C(=O)O)C(C)(C)CCC1.CN(C)c1nc(N(C)C)nc(N(C)C)n1. The third-order valence-corrected chi connectivity index (χ3v) is 5.92. The molecule has 0 saturated carbocycles. The van der Waals surface area contributed by atoms with Gasteiger partial charge in [0.2, 0.25) is 17.8 Å². The Kier molecular flexibility index (Phi) is 12.3. The summed E-state index contributed by atoms with van der Waals surface area (Å²) in [6.45, 7) is 10.7. The van der Waals surface area contributed by atoms with Gasteiger partial charge in [-0.05, 0) is 56.6 Å². The van der Waals surface area contributed by atoms with E-state index in [4.69, 9.17) is 5.11 Å². The zero-order valence-corrected chi connectivity index (χ0v) is 24.6. The number of anilines is 3. The molecule has 1 aliphatic rings. The Morgan fingerprint density at radius 1 is 0.865 bits per heavy atom. The van der Waals surface area contributed by atoms with Gasteiger partial charge in [-0.1, -0.05) is 55.4 Å². The summed E-state index contributed by atoms with van der Waals surface area (Å²) in [6, 6.07) is 0. The number of carboxylic acid groups (broad SMARTS) is 1. The number of rotatable bonds is 8. The van der Waals surface area contributed by atoms with Crippen LogP contribution in [-0.2, 0) is 4.79 Å². The lowest BCUT2D eigenvalue weighted by atomic mass is 9.72. The van der Waals surface area contributed by atoms with E-state index in [1.165, 1.54) is 36.5 Å². The van der Waals surface area contributed by atoms with Crippen LogP contribution in [0.5, 0.6) is 0 Å². The summed E-state index contributed by atoms with van der Waals surface area (Å²) in [7, 11) is 11.5. The van der Waals surface area contributed by atoms with Crippen molar-refractivity contribution in [1.82, 2.24) is 15.0 Å². The molecule has 0 spiro atoms. The van der Waals surface area contributed by atoms with Gasteiger partial charge in [-0.15, -0.1) is 0 Å². The Labute approximate surface area is 223 Å². The molecule has 2 rings (SSSR count). The van der Waals surface area contributed by atoms with Crippen LogP contribution >= 0.6 is 0 Å². The number of hydrogen-bond acceptors (Lipinski definition) is 7. The van der Waals surface area contributed by atoms with E-state index in [1.54, 1.807) is 13.0 Å². The maximum atomic E-state index is 10.5. The van der Waals surface area contributed by atoms with Crippen molar-refractivity contribution >= 4 is 23.8 Å². The molecule has 1 aromatic rings. The van der Waals surface area contributed by atoms with Crippen molar-refractivity contribution in [2.45, 2.75) is 53.9 Å². The summed E-state index contributed by atoms with van der Waals surface area (Å²) in [6.07, 6.45) is 15.0. The largest absolute Gasteiger partial charge is 0.478 e. The van der Waals surface area contributed by atoms with E-state index in [-0.39, 0.29) is 5.41 Å². The van der Waals surface area contributed by atoms with Crippen molar-refractivity contribution in [3.05, 3.63) is 58.7 Å². The third-order valence-electron chi connectivity index (χ3n) is 5.92. The average molecular weight is 511 g/mol. The maximum Gasteiger partial charge on any atom is 0.328 e. The minimum Gasteiger partial charge on any atom is -0.478 e. The van der Waals surface area contributed by atoms with Gasteiger partial charge in [0.15, 0.2) is 0 Å². The van der Waals surface area contributed by atoms with Crippen molar-refractivity contribution < 1.29 is 9.90 Å². The molecule has 0 fully saturated rings. The Bertz CT molecular complexity index is 1010. The average Bonchev–Trinajstić information content (AvgIpc) is 2.77. The molecule has 0 radical (unpaired) electrons. The van der Waals surface area contributed by atoms with Gasteiger partial charge in [-0.25, -0.2) is 4.79 Å². The van der Waals surface area contributed by atoms with Crippen LogP contribution in [0.15, 0.2) is 58.7 Å². The number of aromatic nitrogens is 3. The van der Waals surface area contributed by atoms with E-state index >= 15 is 0 Å². The van der Waals surface area contributed by atoms with Gasteiger partial charge in [0, 0.05) is 48.4 Å². The number of carboxylic acids is 1. The topological polar surface area (TPSA) is 85.7 Å². The van der Waals surface area contributed by atoms with E-state index in [0.717, 1.165) is 11.1 Å². The summed E-state index contributed by atoms with van der Waals surface area (Å²) in [4.78, 5) is 29.1. The number of aliphatic carboxylic acids is 1. The first-order valence-corrected chi connectivity index (χ1v) is 12.6. The van der Waals surface area contributed by atoms with Gasteiger partial charge >= 0.3 is 5.97 Å². The quantitative estimate of drug-likeness (QED) is 0.354. The fourth-order valence-corrected chi connectivity index (χ4v) is 3.82. The number of nitrogens with zero attached hydrogens (tertiary/aromatic N) is 6. The molecule has 0 atom stereocenters. The lowest BCUT2D eigenvalue weighted by Gasteiger charge is -2.32. The predicted molar refractivity (Wildman–Crippen MR) is 157 cm³/mol. The smallest absolute Gasteiger partial charge is 0.328 e. The number of allylic oxidation sites excluding steroid dienone is 9.